The van der Waals surface area contributed by atoms with Crippen molar-refractivity contribution in [3.63, 3.8) is 0 Å². The number of phenolic OH excluding ortho intramolecular Hbond substituents is 4. The minimum absolute atomic E-state index is 0.162. The van der Waals surface area contributed by atoms with Crippen molar-refractivity contribution in [3.8, 4) is 23.0 Å². The molecule has 0 aliphatic heterocycles. The maximum absolute atomic E-state index is 9.14. The lowest BCUT2D eigenvalue weighted by molar-refractivity contribution is 0.346. The Balaban J connectivity index is 3.60. The predicted octanol–water partition coefficient (Wildman–Crippen LogP) is -0.470. The molecule has 0 bridgehead atoms. The fourth-order valence-electron chi connectivity index (χ4n) is 0.787. The normalized spacial score (nSPS) is 10.1. The minimum Gasteiger partial charge on any atom is -0.505 e. The zero-order valence-electron chi connectivity index (χ0n) is 6.17. The zero-order chi connectivity index (χ0) is 9.46. The Bertz CT molecular complexity index is 234. The van der Waals surface area contributed by atoms with Gasteiger partial charge in [-0.2, -0.15) is 0 Å². The van der Waals surface area contributed by atoms with E-state index >= 15 is 0 Å². The van der Waals surface area contributed by atoms with E-state index in [1.807, 2.05) is 0 Å². The summed E-state index contributed by atoms with van der Waals surface area (Å²) in [6.07, 6.45) is 0. The first-order chi connectivity index (χ1) is 5.46. The van der Waals surface area contributed by atoms with E-state index in [1.165, 1.54) is 7.85 Å². The molecular weight excluding hydrogens is 227 g/mol. The van der Waals surface area contributed by atoms with Crippen molar-refractivity contribution in [2.24, 2.45) is 0 Å². The molecule has 0 heterocycles. The average molecular weight is 233 g/mol. The molecule has 0 aliphatic rings. The summed E-state index contributed by atoms with van der Waals surface area (Å²) < 4.78 is 0.162. The van der Waals surface area contributed by atoms with E-state index in [9.17, 15) is 0 Å². The van der Waals surface area contributed by atoms with Crippen molar-refractivity contribution >= 4 is 29.2 Å². The molecule has 12 heavy (non-hydrogen) atoms. The van der Waals surface area contributed by atoms with Crippen molar-refractivity contribution in [3.05, 3.63) is 4.47 Å². The largest absolute Gasteiger partial charge is 0.505 e. The molecule has 4 nitrogen and oxygen atoms in total. The minimum atomic E-state index is -0.732. The summed E-state index contributed by atoms with van der Waals surface area (Å²) in [4.78, 5) is 0. The van der Waals surface area contributed by atoms with Crippen LogP contribution in [0.1, 0.15) is 0 Å². The zero-order valence-corrected chi connectivity index (χ0v) is 7.75. The molecule has 0 saturated heterocycles. The van der Waals surface area contributed by atoms with Crippen LogP contribution in [0.25, 0.3) is 0 Å². The van der Waals surface area contributed by atoms with Gasteiger partial charge in [-0.15, -0.1) is 0 Å². The molecule has 0 atom stereocenters. The van der Waals surface area contributed by atoms with Crippen molar-refractivity contribution in [1.82, 2.24) is 0 Å². The van der Waals surface area contributed by atoms with Crippen LogP contribution in [-0.4, -0.2) is 28.3 Å². The van der Waals surface area contributed by atoms with Crippen LogP contribution in [0.3, 0.4) is 0 Å². The van der Waals surface area contributed by atoms with E-state index in [0.29, 0.717) is 0 Å². The van der Waals surface area contributed by atoms with E-state index in [0.717, 1.165) is 0 Å². The lowest BCUT2D eigenvalue weighted by atomic mass is 9.94. The first-order valence-corrected chi connectivity index (χ1v) is 3.88. The second-order valence-electron chi connectivity index (χ2n) is 2.33. The van der Waals surface area contributed by atoms with Crippen LogP contribution in [0.5, 0.6) is 23.0 Å². The molecule has 64 valence electrons. The molecule has 0 radical (unpaired) electrons. The van der Waals surface area contributed by atoms with Crippen LogP contribution in [0, 0.1) is 0 Å². The van der Waals surface area contributed by atoms with E-state index in [4.69, 9.17) is 20.4 Å². The van der Waals surface area contributed by atoms with Crippen LogP contribution in [0.4, 0.5) is 0 Å². The third-order valence-corrected chi connectivity index (χ3v) is 2.54. The van der Waals surface area contributed by atoms with Crippen LogP contribution >= 0.6 is 15.9 Å². The van der Waals surface area contributed by atoms with Crippen LogP contribution in [-0.2, 0) is 0 Å². The average Bonchev–Trinajstić information content (AvgIpc) is 2.08. The molecule has 0 fully saturated rings. The fraction of sp³-hybridized carbons (Fsp3) is 0. The highest BCUT2D eigenvalue weighted by molar-refractivity contribution is 9.10. The topological polar surface area (TPSA) is 80.9 Å². The molecule has 0 amide bonds. The summed E-state index contributed by atoms with van der Waals surface area (Å²) in [5.74, 6) is -2.38. The van der Waals surface area contributed by atoms with Crippen molar-refractivity contribution < 1.29 is 20.4 Å². The Morgan fingerprint density at radius 2 is 1.25 bits per heavy atom. The van der Waals surface area contributed by atoms with Crippen molar-refractivity contribution in [2.75, 3.05) is 0 Å². The second kappa shape index (κ2) is 2.78. The van der Waals surface area contributed by atoms with Gasteiger partial charge in [-0.05, 0) is 21.4 Å². The van der Waals surface area contributed by atoms with Crippen molar-refractivity contribution in [2.45, 2.75) is 0 Å². The summed E-state index contributed by atoms with van der Waals surface area (Å²) in [5, 5.41) is 36.3. The van der Waals surface area contributed by atoms with Crippen molar-refractivity contribution in [1.29, 1.82) is 0 Å². The van der Waals surface area contributed by atoms with Gasteiger partial charge in [0.15, 0.2) is 11.5 Å². The molecule has 1 aromatic rings. The molecule has 1 aromatic carbocycles. The highest BCUT2D eigenvalue weighted by Gasteiger charge is 2.18. The predicted molar refractivity (Wildman–Crippen MR) is 49.0 cm³/mol. The van der Waals surface area contributed by atoms with Gasteiger partial charge in [0.25, 0.3) is 0 Å². The molecular formula is C6H6BBrO4. The quantitative estimate of drug-likeness (QED) is 0.277. The second-order valence-corrected chi connectivity index (χ2v) is 3.13. The van der Waals surface area contributed by atoms with Gasteiger partial charge in [0, 0.05) is 0 Å². The molecule has 0 unspecified atom stereocenters. The van der Waals surface area contributed by atoms with Crippen LogP contribution in [0.15, 0.2) is 4.47 Å². The Kier molecular flexibility index (Phi) is 2.10. The highest BCUT2D eigenvalue weighted by Crippen LogP contribution is 2.43. The standard InChI is InChI=1S/C6H6BBrO4/c7-1-2(8)4(10)6(12)5(11)3(1)9/h9-12H,7H2. The van der Waals surface area contributed by atoms with Gasteiger partial charge in [0.05, 0.1) is 4.47 Å². The number of halogens is 1. The molecule has 0 saturated carbocycles. The van der Waals surface area contributed by atoms with E-state index < -0.39 is 23.0 Å². The fourth-order valence-corrected chi connectivity index (χ4v) is 1.16. The molecule has 1 rings (SSSR count). The van der Waals surface area contributed by atoms with Gasteiger partial charge >= 0.3 is 0 Å². The Morgan fingerprint density at radius 3 is 1.75 bits per heavy atom. The van der Waals surface area contributed by atoms with Gasteiger partial charge in [0.1, 0.15) is 7.85 Å². The lowest BCUT2D eigenvalue weighted by Gasteiger charge is -2.08. The smallest absolute Gasteiger partial charge is 0.205 e. The Labute approximate surface area is 77.6 Å². The van der Waals surface area contributed by atoms with E-state index in [2.05, 4.69) is 15.9 Å². The number of hydrogen-bond acceptors (Lipinski definition) is 4. The van der Waals surface area contributed by atoms with Crippen LogP contribution in [0.2, 0.25) is 0 Å². The number of phenols is 4. The molecule has 0 aromatic heterocycles. The SMILES string of the molecule is Bc1c(O)c(O)c(O)c(O)c1Br. The lowest BCUT2D eigenvalue weighted by Crippen LogP contribution is -2.05. The number of benzene rings is 1. The number of rotatable bonds is 0. The molecule has 4 N–H and O–H groups in total. The van der Waals surface area contributed by atoms with E-state index in [1.54, 1.807) is 0 Å². The van der Waals surface area contributed by atoms with Gasteiger partial charge in [-0.1, -0.05) is 0 Å². The van der Waals surface area contributed by atoms with Gasteiger partial charge in [-0.3, -0.25) is 0 Å². The van der Waals surface area contributed by atoms with Gasteiger partial charge in [0.2, 0.25) is 11.5 Å². The Hall–Kier alpha value is -1.04. The number of aromatic hydroxyl groups is 4. The molecule has 0 spiro atoms. The van der Waals surface area contributed by atoms with Gasteiger partial charge < -0.3 is 20.4 Å². The summed E-state index contributed by atoms with van der Waals surface area (Å²) in [6.45, 7) is 0. The number of hydrogen-bond donors (Lipinski definition) is 4. The first kappa shape index (κ1) is 9.06. The highest BCUT2D eigenvalue weighted by atomic mass is 79.9. The maximum Gasteiger partial charge on any atom is 0.205 e. The summed E-state index contributed by atoms with van der Waals surface area (Å²) in [6, 6.07) is 0. The first-order valence-electron chi connectivity index (χ1n) is 3.08. The van der Waals surface area contributed by atoms with Crippen LogP contribution < -0.4 is 5.46 Å². The third-order valence-electron chi connectivity index (χ3n) is 1.57. The summed E-state index contributed by atoms with van der Waals surface area (Å²) in [7, 11) is 1.48. The monoisotopic (exact) mass is 232 g/mol. The maximum atomic E-state index is 9.14. The Morgan fingerprint density at radius 1 is 0.833 bits per heavy atom. The summed E-state index contributed by atoms with van der Waals surface area (Å²) in [5.41, 5.74) is 0.266. The molecule has 6 heteroatoms. The summed E-state index contributed by atoms with van der Waals surface area (Å²) >= 11 is 2.93. The molecule has 0 aliphatic carbocycles. The van der Waals surface area contributed by atoms with E-state index in [-0.39, 0.29) is 9.94 Å². The van der Waals surface area contributed by atoms with Gasteiger partial charge in [-0.25, -0.2) is 0 Å². The third kappa shape index (κ3) is 1.08.